The lowest BCUT2D eigenvalue weighted by atomic mass is 9.83. The van der Waals surface area contributed by atoms with E-state index in [0.29, 0.717) is 17.6 Å². The molecule has 1 fully saturated rings. The van der Waals surface area contributed by atoms with Crippen molar-refractivity contribution >= 4 is 5.97 Å². The van der Waals surface area contributed by atoms with Crippen molar-refractivity contribution in [1.82, 2.24) is 0 Å². The molecule has 2 heterocycles. The second-order valence-corrected chi connectivity index (χ2v) is 6.71. The number of esters is 1. The van der Waals surface area contributed by atoms with Gasteiger partial charge >= 0.3 is 5.97 Å². The summed E-state index contributed by atoms with van der Waals surface area (Å²) in [5, 5.41) is 48.8. The Balaban J connectivity index is 1.80. The van der Waals surface area contributed by atoms with Crippen LogP contribution in [0.1, 0.15) is 6.42 Å². The Kier molecular flexibility index (Phi) is 6.16. The molecule has 0 unspecified atom stereocenters. The summed E-state index contributed by atoms with van der Waals surface area (Å²) in [5.41, 5.74) is 0.903. The van der Waals surface area contributed by atoms with Gasteiger partial charge in [-0.05, 0) is 12.0 Å². The van der Waals surface area contributed by atoms with E-state index in [1.165, 1.54) is 13.4 Å². The van der Waals surface area contributed by atoms with Gasteiger partial charge in [-0.2, -0.15) is 0 Å². The van der Waals surface area contributed by atoms with Gasteiger partial charge in [0.05, 0.1) is 38.1 Å². The van der Waals surface area contributed by atoms with Crippen LogP contribution in [0.2, 0.25) is 0 Å². The van der Waals surface area contributed by atoms with Crippen LogP contribution < -0.4 is 0 Å². The zero-order valence-electron chi connectivity index (χ0n) is 14.7. The van der Waals surface area contributed by atoms with Crippen molar-refractivity contribution < 1.29 is 49.3 Å². The Bertz CT molecular complexity index is 615. The van der Waals surface area contributed by atoms with Gasteiger partial charge in [0.1, 0.15) is 24.4 Å². The zero-order chi connectivity index (χ0) is 19.7. The monoisotopic (exact) mass is 388 g/mol. The predicted molar refractivity (Wildman–Crippen MR) is 86.6 cm³/mol. The number of rotatable bonds is 5. The summed E-state index contributed by atoms with van der Waals surface area (Å²) in [6, 6.07) is 0. The third-order valence-corrected chi connectivity index (χ3v) is 5.24. The van der Waals surface area contributed by atoms with Crippen LogP contribution in [0.15, 0.2) is 23.5 Å². The Hall–Kier alpha value is -1.53. The first kappa shape index (κ1) is 20.2. The highest BCUT2D eigenvalue weighted by Crippen LogP contribution is 2.44. The van der Waals surface area contributed by atoms with Gasteiger partial charge < -0.3 is 44.5 Å². The van der Waals surface area contributed by atoms with Crippen molar-refractivity contribution in [2.75, 3.05) is 20.3 Å². The normalized spacial score (nSPS) is 41.3. The van der Waals surface area contributed by atoms with Crippen molar-refractivity contribution in [3.8, 4) is 0 Å². The van der Waals surface area contributed by atoms with E-state index in [4.69, 9.17) is 18.9 Å². The van der Waals surface area contributed by atoms with Crippen molar-refractivity contribution in [3.05, 3.63) is 23.5 Å². The summed E-state index contributed by atoms with van der Waals surface area (Å²) in [6.45, 7) is -0.857. The van der Waals surface area contributed by atoms with E-state index in [9.17, 15) is 30.3 Å². The average Bonchev–Trinajstić information content (AvgIpc) is 3.12. The topological polar surface area (TPSA) is 155 Å². The predicted octanol–water partition coefficient (Wildman–Crippen LogP) is -2.23. The Morgan fingerprint density at radius 3 is 2.56 bits per heavy atom. The lowest BCUT2D eigenvalue weighted by Crippen LogP contribution is -2.60. The van der Waals surface area contributed by atoms with E-state index in [0.717, 1.165) is 0 Å². The van der Waals surface area contributed by atoms with Gasteiger partial charge in [0.25, 0.3) is 0 Å². The molecule has 3 aliphatic rings. The highest BCUT2D eigenvalue weighted by atomic mass is 16.8. The average molecular weight is 388 g/mol. The number of fused-ring (bicyclic) bond motifs is 1. The molecular formula is C17H24O10. The number of carbonyl (C=O) groups excluding carboxylic acids is 1. The fraction of sp³-hybridized carbons (Fsp3) is 0.706. The number of ether oxygens (including phenoxy) is 4. The third-order valence-electron chi connectivity index (χ3n) is 5.24. The van der Waals surface area contributed by atoms with Crippen LogP contribution in [0, 0.1) is 11.8 Å². The van der Waals surface area contributed by atoms with E-state index in [2.05, 4.69) is 0 Å². The second-order valence-electron chi connectivity index (χ2n) is 6.71. The van der Waals surface area contributed by atoms with Crippen molar-refractivity contribution in [1.29, 1.82) is 0 Å². The highest BCUT2D eigenvalue weighted by Gasteiger charge is 2.49. The largest absolute Gasteiger partial charge is 0.471 e. The molecule has 0 aromatic carbocycles. The lowest BCUT2D eigenvalue weighted by Gasteiger charge is -2.42. The molecule has 1 aliphatic carbocycles. The van der Waals surface area contributed by atoms with Gasteiger partial charge in [0, 0.05) is 5.92 Å². The first-order valence-corrected chi connectivity index (χ1v) is 8.62. The molecule has 0 spiro atoms. The molecule has 0 bridgehead atoms. The summed E-state index contributed by atoms with van der Waals surface area (Å²) in [4.78, 5) is 12.0. The number of hydrogen-bond acceptors (Lipinski definition) is 10. The van der Waals surface area contributed by atoms with Gasteiger partial charge in [-0.25, -0.2) is 4.79 Å². The molecule has 3 rings (SSSR count). The van der Waals surface area contributed by atoms with Crippen LogP contribution in [-0.4, -0.2) is 88.8 Å². The Labute approximate surface area is 155 Å². The smallest absolute Gasteiger partial charge is 0.337 e. The maximum absolute atomic E-state index is 12.0. The van der Waals surface area contributed by atoms with Crippen molar-refractivity contribution in [2.24, 2.45) is 11.8 Å². The minimum Gasteiger partial charge on any atom is -0.471 e. The van der Waals surface area contributed by atoms with Crippen molar-refractivity contribution in [3.63, 3.8) is 0 Å². The standard InChI is InChI=1S/C17H24O10/c1-24-15(23)9-6-25-16(11-7(4-18)2-3-8(9)11)27-17-14(22)13(21)12(20)10(5-19)26-17/h2,6,8,10-14,16-22H,3-5H2,1H3/t8-,10+,11-,12-,13-,14-,16-,17-/m1/s1. The molecule has 27 heavy (non-hydrogen) atoms. The molecule has 0 aromatic heterocycles. The van der Waals surface area contributed by atoms with Gasteiger partial charge in [0.2, 0.25) is 6.29 Å². The SMILES string of the molecule is COC(=O)C1=CO[C@H](O[C@H]2O[C@@H](CO)[C@@H](O)[C@@H](O)[C@H]2O)[C@@H]2C(CO)=CC[C@H]12. The summed E-state index contributed by atoms with van der Waals surface area (Å²) in [5.74, 6) is -1.42. The molecule has 0 radical (unpaired) electrons. The minimum absolute atomic E-state index is 0.270. The molecule has 0 amide bonds. The maximum atomic E-state index is 12.0. The van der Waals surface area contributed by atoms with Crippen LogP contribution >= 0.6 is 0 Å². The zero-order valence-corrected chi connectivity index (χ0v) is 14.7. The second kappa shape index (κ2) is 8.23. The highest BCUT2D eigenvalue weighted by molar-refractivity contribution is 5.89. The first-order valence-electron chi connectivity index (χ1n) is 8.62. The van der Waals surface area contributed by atoms with Crippen LogP contribution in [0.25, 0.3) is 0 Å². The van der Waals surface area contributed by atoms with Gasteiger partial charge in [0.15, 0.2) is 6.29 Å². The summed E-state index contributed by atoms with van der Waals surface area (Å²) < 4.78 is 21.3. The summed E-state index contributed by atoms with van der Waals surface area (Å²) in [7, 11) is 1.25. The van der Waals surface area contributed by atoms with Gasteiger partial charge in [-0.1, -0.05) is 6.08 Å². The number of methoxy groups -OCH3 is 1. The summed E-state index contributed by atoms with van der Waals surface area (Å²) in [6.07, 6.45) is -4.73. The molecule has 5 N–H and O–H groups in total. The van der Waals surface area contributed by atoms with E-state index in [-0.39, 0.29) is 12.5 Å². The third kappa shape index (κ3) is 3.61. The maximum Gasteiger partial charge on any atom is 0.337 e. The number of aliphatic hydroxyl groups is 5. The molecule has 10 heteroatoms. The van der Waals surface area contributed by atoms with E-state index >= 15 is 0 Å². The van der Waals surface area contributed by atoms with Crippen LogP contribution in [0.5, 0.6) is 0 Å². The molecule has 152 valence electrons. The quantitative estimate of drug-likeness (QED) is 0.258. The van der Waals surface area contributed by atoms with E-state index in [1.807, 2.05) is 0 Å². The van der Waals surface area contributed by atoms with Crippen LogP contribution in [0.3, 0.4) is 0 Å². The fourth-order valence-electron chi connectivity index (χ4n) is 3.73. The fourth-order valence-corrected chi connectivity index (χ4v) is 3.73. The minimum atomic E-state index is -1.59. The number of carbonyl (C=O) groups is 1. The van der Waals surface area contributed by atoms with E-state index in [1.54, 1.807) is 6.08 Å². The van der Waals surface area contributed by atoms with Gasteiger partial charge in [-0.15, -0.1) is 0 Å². The van der Waals surface area contributed by atoms with Crippen molar-refractivity contribution in [2.45, 2.75) is 43.4 Å². The molecule has 2 aliphatic heterocycles. The first-order chi connectivity index (χ1) is 12.9. The number of hydrogen-bond donors (Lipinski definition) is 5. The molecular weight excluding hydrogens is 364 g/mol. The van der Waals surface area contributed by atoms with E-state index < -0.39 is 55.5 Å². The molecule has 10 nitrogen and oxygen atoms in total. The Morgan fingerprint density at radius 1 is 1.19 bits per heavy atom. The number of aliphatic hydroxyl groups excluding tert-OH is 5. The van der Waals surface area contributed by atoms with Gasteiger partial charge in [-0.3, -0.25) is 0 Å². The molecule has 0 aromatic rings. The Morgan fingerprint density at radius 2 is 1.93 bits per heavy atom. The molecule has 0 saturated carbocycles. The number of allylic oxidation sites excluding steroid dienone is 1. The molecule has 8 atom stereocenters. The lowest BCUT2D eigenvalue weighted by molar-refractivity contribution is -0.339. The van der Waals surface area contributed by atoms with Crippen LogP contribution in [-0.2, 0) is 23.7 Å². The van der Waals surface area contributed by atoms with Crippen LogP contribution in [0.4, 0.5) is 0 Å². The molecule has 1 saturated heterocycles. The summed E-state index contributed by atoms with van der Waals surface area (Å²) >= 11 is 0.